The number of rotatable bonds is 5. The minimum Gasteiger partial charge on any atom is -0.313 e. The van der Waals surface area contributed by atoms with Crippen molar-refractivity contribution < 1.29 is 0 Å². The van der Waals surface area contributed by atoms with E-state index in [0.29, 0.717) is 6.04 Å². The first-order chi connectivity index (χ1) is 7.09. The van der Waals surface area contributed by atoms with Gasteiger partial charge in [0.05, 0.1) is 0 Å². The Morgan fingerprint density at radius 2 is 1.67 bits per heavy atom. The molecule has 0 aliphatic carbocycles. The molecule has 1 rings (SSSR count). The summed E-state index contributed by atoms with van der Waals surface area (Å²) in [5.74, 6) is 0.734. The highest BCUT2D eigenvalue weighted by molar-refractivity contribution is 4.71. The van der Waals surface area contributed by atoms with Crippen molar-refractivity contribution in [2.24, 2.45) is 5.92 Å². The van der Waals surface area contributed by atoms with E-state index in [9.17, 15) is 0 Å². The fraction of sp³-hybridized carbons (Fsp3) is 1.00. The van der Waals surface area contributed by atoms with Gasteiger partial charge in [0, 0.05) is 45.3 Å². The summed E-state index contributed by atoms with van der Waals surface area (Å²) in [6, 6.07) is 0.637. The van der Waals surface area contributed by atoms with E-state index in [0.717, 1.165) is 12.5 Å². The van der Waals surface area contributed by atoms with E-state index in [1.165, 1.54) is 32.7 Å². The second-order valence-corrected chi connectivity index (χ2v) is 5.13. The molecule has 0 aromatic heterocycles. The van der Waals surface area contributed by atoms with Crippen molar-refractivity contribution in [2.75, 3.05) is 46.3 Å². The largest absolute Gasteiger partial charge is 0.313 e. The second-order valence-electron chi connectivity index (χ2n) is 5.13. The van der Waals surface area contributed by atoms with E-state index in [1.54, 1.807) is 0 Å². The maximum absolute atomic E-state index is 3.59. The van der Waals surface area contributed by atoms with Crippen LogP contribution in [0.4, 0.5) is 0 Å². The molecule has 90 valence electrons. The predicted molar refractivity (Wildman–Crippen MR) is 66.2 cm³/mol. The van der Waals surface area contributed by atoms with Crippen molar-refractivity contribution in [2.45, 2.75) is 26.8 Å². The number of piperazine rings is 1. The van der Waals surface area contributed by atoms with E-state index in [1.807, 2.05) is 0 Å². The lowest BCUT2D eigenvalue weighted by atomic mass is 10.1. The van der Waals surface area contributed by atoms with Crippen LogP contribution in [0.2, 0.25) is 0 Å². The number of likely N-dealkylation sites (N-methyl/N-ethyl adjacent to an activating group) is 1. The molecule has 0 saturated carbocycles. The van der Waals surface area contributed by atoms with Gasteiger partial charge in [-0.3, -0.25) is 4.90 Å². The Kier molecular flexibility index (Phi) is 5.58. The molecule has 0 radical (unpaired) electrons. The summed E-state index contributed by atoms with van der Waals surface area (Å²) in [6.07, 6.45) is 0. The van der Waals surface area contributed by atoms with Gasteiger partial charge in [-0.1, -0.05) is 13.8 Å². The van der Waals surface area contributed by atoms with Crippen LogP contribution in [0.3, 0.4) is 0 Å². The summed E-state index contributed by atoms with van der Waals surface area (Å²) in [5.41, 5.74) is 0. The third-order valence-corrected chi connectivity index (χ3v) is 3.49. The number of hydrogen-bond acceptors (Lipinski definition) is 3. The Labute approximate surface area is 94.8 Å². The van der Waals surface area contributed by atoms with E-state index in [4.69, 9.17) is 0 Å². The monoisotopic (exact) mass is 213 g/mol. The molecule has 1 aliphatic heterocycles. The van der Waals surface area contributed by atoms with Gasteiger partial charge in [0.15, 0.2) is 0 Å². The van der Waals surface area contributed by atoms with Gasteiger partial charge in [0.25, 0.3) is 0 Å². The molecule has 1 atom stereocenters. The average molecular weight is 213 g/mol. The van der Waals surface area contributed by atoms with Crippen LogP contribution in [0, 0.1) is 5.92 Å². The lowest BCUT2D eigenvalue weighted by Gasteiger charge is -2.32. The molecule has 1 saturated heterocycles. The zero-order chi connectivity index (χ0) is 11.3. The highest BCUT2D eigenvalue weighted by Gasteiger charge is 2.13. The van der Waals surface area contributed by atoms with E-state index < -0.39 is 0 Å². The molecule has 1 heterocycles. The Bertz CT molecular complexity index is 162. The fourth-order valence-corrected chi connectivity index (χ4v) is 1.76. The van der Waals surface area contributed by atoms with Crippen molar-refractivity contribution in [1.29, 1.82) is 0 Å². The molecule has 1 aliphatic rings. The molecule has 3 heteroatoms. The molecule has 1 fully saturated rings. The highest BCUT2D eigenvalue weighted by Crippen LogP contribution is 2.00. The van der Waals surface area contributed by atoms with Crippen LogP contribution in [-0.2, 0) is 0 Å². The molecule has 15 heavy (non-hydrogen) atoms. The Morgan fingerprint density at radius 3 is 2.20 bits per heavy atom. The second kappa shape index (κ2) is 6.46. The molecule has 0 aromatic carbocycles. The smallest absolute Gasteiger partial charge is 0.0110 e. The van der Waals surface area contributed by atoms with Crippen molar-refractivity contribution in [3.8, 4) is 0 Å². The predicted octanol–water partition coefficient (Wildman–Crippen LogP) is 0.868. The minimum atomic E-state index is 0.637. The summed E-state index contributed by atoms with van der Waals surface area (Å²) in [5, 5.41) is 3.59. The van der Waals surface area contributed by atoms with Gasteiger partial charge in [-0.05, 0) is 19.9 Å². The van der Waals surface area contributed by atoms with Gasteiger partial charge < -0.3 is 10.2 Å². The minimum absolute atomic E-state index is 0.637. The van der Waals surface area contributed by atoms with Crippen molar-refractivity contribution in [1.82, 2.24) is 15.1 Å². The third kappa shape index (κ3) is 4.96. The summed E-state index contributed by atoms with van der Waals surface area (Å²) < 4.78 is 0. The molecular weight excluding hydrogens is 186 g/mol. The lowest BCUT2D eigenvalue weighted by molar-refractivity contribution is 0.153. The first-order valence-electron chi connectivity index (χ1n) is 6.24. The Balaban J connectivity index is 2.05. The van der Waals surface area contributed by atoms with Crippen LogP contribution >= 0.6 is 0 Å². The van der Waals surface area contributed by atoms with Crippen LogP contribution in [-0.4, -0.2) is 62.2 Å². The summed E-state index contributed by atoms with van der Waals surface area (Å²) >= 11 is 0. The van der Waals surface area contributed by atoms with Gasteiger partial charge in [-0.2, -0.15) is 0 Å². The molecule has 0 amide bonds. The zero-order valence-electron chi connectivity index (χ0n) is 10.8. The summed E-state index contributed by atoms with van der Waals surface area (Å²) in [4.78, 5) is 4.96. The maximum atomic E-state index is 3.59. The summed E-state index contributed by atoms with van der Waals surface area (Å²) in [6.45, 7) is 14.0. The number of hydrogen-bond donors (Lipinski definition) is 1. The van der Waals surface area contributed by atoms with Crippen LogP contribution in [0.15, 0.2) is 0 Å². The molecule has 0 spiro atoms. The lowest BCUT2D eigenvalue weighted by Crippen LogP contribution is -2.47. The van der Waals surface area contributed by atoms with E-state index in [-0.39, 0.29) is 0 Å². The maximum Gasteiger partial charge on any atom is 0.0110 e. The highest BCUT2D eigenvalue weighted by atomic mass is 15.2. The van der Waals surface area contributed by atoms with Crippen molar-refractivity contribution in [3.63, 3.8) is 0 Å². The molecule has 1 unspecified atom stereocenters. The van der Waals surface area contributed by atoms with Gasteiger partial charge >= 0.3 is 0 Å². The Morgan fingerprint density at radius 1 is 1.07 bits per heavy atom. The van der Waals surface area contributed by atoms with Crippen molar-refractivity contribution >= 4 is 0 Å². The fourth-order valence-electron chi connectivity index (χ4n) is 1.76. The van der Waals surface area contributed by atoms with Crippen LogP contribution in [0.5, 0.6) is 0 Å². The zero-order valence-corrected chi connectivity index (χ0v) is 10.8. The number of nitrogens with zero attached hydrogens (tertiary/aromatic N) is 2. The first kappa shape index (κ1) is 12.9. The normalized spacial score (nSPS) is 22.2. The van der Waals surface area contributed by atoms with Gasteiger partial charge in [-0.25, -0.2) is 0 Å². The standard InChI is InChI=1S/C12H27N3/c1-11(2)12(3)13-5-6-15-9-7-14(4)8-10-15/h11-13H,5-10H2,1-4H3. The quantitative estimate of drug-likeness (QED) is 0.731. The number of nitrogens with one attached hydrogen (secondary N) is 1. The van der Waals surface area contributed by atoms with Gasteiger partial charge in [0.2, 0.25) is 0 Å². The van der Waals surface area contributed by atoms with Gasteiger partial charge in [0.1, 0.15) is 0 Å². The van der Waals surface area contributed by atoms with Crippen molar-refractivity contribution in [3.05, 3.63) is 0 Å². The van der Waals surface area contributed by atoms with E-state index in [2.05, 4.69) is 42.9 Å². The van der Waals surface area contributed by atoms with Crippen LogP contribution in [0.25, 0.3) is 0 Å². The average Bonchev–Trinajstić information content (AvgIpc) is 2.20. The Hall–Kier alpha value is -0.120. The molecule has 0 aromatic rings. The third-order valence-electron chi connectivity index (χ3n) is 3.49. The molecular formula is C12H27N3. The molecule has 3 nitrogen and oxygen atoms in total. The van der Waals surface area contributed by atoms with Crippen LogP contribution in [0.1, 0.15) is 20.8 Å². The first-order valence-corrected chi connectivity index (χ1v) is 6.24. The molecule has 1 N–H and O–H groups in total. The summed E-state index contributed by atoms with van der Waals surface area (Å²) in [7, 11) is 2.20. The van der Waals surface area contributed by atoms with E-state index >= 15 is 0 Å². The van der Waals surface area contributed by atoms with Gasteiger partial charge in [-0.15, -0.1) is 0 Å². The SMILES string of the molecule is CC(C)C(C)NCCN1CCN(C)CC1. The molecule has 0 bridgehead atoms. The topological polar surface area (TPSA) is 18.5 Å². The van der Waals surface area contributed by atoms with Crippen LogP contribution < -0.4 is 5.32 Å².